The Balaban J connectivity index is 2.29. The average Bonchev–Trinajstić information content (AvgIpc) is 2.32. The number of rotatable bonds is 7. The van der Waals surface area contributed by atoms with E-state index in [-0.39, 0.29) is 31.7 Å². The zero-order valence-corrected chi connectivity index (χ0v) is 9.99. The first-order valence-corrected chi connectivity index (χ1v) is 5.53. The van der Waals surface area contributed by atoms with Crippen molar-refractivity contribution in [2.75, 3.05) is 19.8 Å². The molecular weight excluding hydrogens is 260 g/mol. The Hall–Kier alpha value is -2.02. The second-order valence-corrected chi connectivity index (χ2v) is 3.64. The predicted molar refractivity (Wildman–Crippen MR) is 61.8 cm³/mol. The molecular formula is C12H13F2NO4. The molecule has 19 heavy (non-hydrogen) atoms. The number of ether oxygens (including phenoxy) is 1. The highest BCUT2D eigenvalue weighted by molar-refractivity contribution is 5.94. The van der Waals surface area contributed by atoms with Gasteiger partial charge in [-0.25, -0.2) is 8.78 Å². The van der Waals surface area contributed by atoms with Crippen LogP contribution in [-0.2, 0) is 9.53 Å². The van der Waals surface area contributed by atoms with E-state index in [1.807, 2.05) is 0 Å². The Morgan fingerprint density at radius 3 is 2.63 bits per heavy atom. The van der Waals surface area contributed by atoms with Crippen molar-refractivity contribution in [2.24, 2.45) is 0 Å². The van der Waals surface area contributed by atoms with Gasteiger partial charge in [-0.3, -0.25) is 9.59 Å². The molecule has 0 aromatic heterocycles. The Morgan fingerprint density at radius 1 is 1.26 bits per heavy atom. The molecule has 0 saturated heterocycles. The molecule has 1 amide bonds. The number of amides is 1. The van der Waals surface area contributed by atoms with Gasteiger partial charge in [-0.2, -0.15) is 0 Å². The zero-order chi connectivity index (χ0) is 14.3. The summed E-state index contributed by atoms with van der Waals surface area (Å²) in [5.74, 6) is -3.35. The van der Waals surface area contributed by atoms with E-state index < -0.39 is 23.5 Å². The fraction of sp³-hybridized carbons (Fsp3) is 0.333. The van der Waals surface area contributed by atoms with Gasteiger partial charge >= 0.3 is 5.97 Å². The summed E-state index contributed by atoms with van der Waals surface area (Å²) >= 11 is 0. The number of carboxylic acids is 1. The van der Waals surface area contributed by atoms with Crippen molar-refractivity contribution in [3.63, 3.8) is 0 Å². The highest BCUT2D eigenvalue weighted by Crippen LogP contribution is 2.08. The minimum atomic E-state index is -0.975. The second-order valence-electron chi connectivity index (χ2n) is 3.64. The van der Waals surface area contributed by atoms with E-state index in [4.69, 9.17) is 9.84 Å². The minimum absolute atomic E-state index is 0.0378. The summed E-state index contributed by atoms with van der Waals surface area (Å²) in [5, 5.41) is 10.7. The molecule has 0 saturated carbocycles. The topological polar surface area (TPSA) is 75.6 Å². The molecule has 0 unspecified atom stereocenters. The lowest BCUT2D eigenvalue weighted by Gasteiger charge is -2.06. The van der Waals surface area contributed by atoms with Gasteiger partial charge in [0.25, 0.3) is 5.91 Å². The van der Waals surface area contributed by atoms with E-state index in [2.05, 4.69) is 5.32 Å². The molecule has 0 spiro atoms. The average molecular weight is 273 g/mol. The number of aliphatic carboxylic acids is 1. The first kappa shape index (κ1) is 15.0. The lowest BCUT2D eigenvalue weighted by atomic mass is 10.2. The molecule has 0 aliphatic heterocycles. The molecule has 1 rings (SSSR count). The van der Waals surface area contributed by atoms with E-state index in [0.29, 0.717) is 6.07 Å². The molecule has 0 bridgehead atoms. The number of nitrogens with one attached hydrogen (secondary N) is 1. The summed E-state index contributed by atoms with van der Waals surface area (Å²) in [6, 6.07) is 2.66. The molecule has 0 aliphatic carbocycles. The summed E-state index contributed by atoms with van der Waals surface area (Å²) in [6.07, 6.45) is -0.124. The van der Waals surface area contributed by atoms with Gasteiger partial charge in [0.2, 0.25) is 0 Å². The summed E-state index contributed by atoms with van der Waals surface area (Å²) in [5.41, 5.74) is -0.257. The van der Waals surface area contributed by atoms with Crippen molar-refractivity contribution in [3.05, 3.63) is 35.4 Å². The molecule has 5 nitrogen and oxygen atoms in total. The van der Waals surface area contributed by atoms with E-state index in [1.54, 1.807) is 0 Å². The van der Waals surface area contributed by atoms with Crippen LogP contribution in [0.3, 0.4) is 0 Å². The third-order valence-electron chi connectivity index (χ3n) is 2.17. The SMILES string of the molecule is O=C(O)CCOCCNC(=O)c1ccc(F)cc1F. The van der Waals surface area contributed by atoms with Gasteiger partial charge in [0.1, 0.15) is 11.6 Å². The Bertz CT molecular complexity index is 465. The molecule has 2 N–H and O–H groups in total. The van der Waals surface area contributed by atoms with Crippen molar-refractivity contribution in [1.29, 1.82) is 0 Å². The first-order valence-electron chi connectivity index (χ1n) is 5.53. The largest absolute Gasteiger partial charge is 0.481 e. The van der Waals surface area contributed by atoms with Crippen LogP contribution in [0.25, 0.3) is 0 Å². The van der Waals surface area contributed by atoms with Crippen LogP contribution in [0.15, 0.2) is 18.2 Å². The molecule has 1 aromatic carbocycles. The maximum atomic E-state index is 13.2. The number of hydrogen-bond acceptors (Lipinski definition) is 3. The highest BCUT2D eigenvalue weighted by atomic mass is 19.1. The number of carbonyl (C=O) groups is 2. The number of carboxylic acid groups (broad SMARTS) is 1. The smallest absolute Gasteiger partial charge is 0.305 e. The Labute approximate surface area is 108 Å². The van der Waals surface area contributed by atoms with Gasteiger partial charge in [0.15, 0.2) is 0 Å². The molecule has 0 radical (unpaired) electrons. The molecule has 0 fully saturated rings. The lowest BCUT2D eigenvalue weighted by Crippen LogP contribution is -2.28. The predicted octanol–water partition coefficient (Wildman–Crippen LogP) is 1.19. The number of halogens is 2. The molecule has 0 aliphatic rings. The highest BCUT2D eigenvalue weighted by Gasteiger charge is 2.11. The maximum absolute atomic E-state index is 13.2. The van der Waals surface area contributed by atoms with Crippen LogP contribution in [0.2, 0.25) is 0 Å². The van der Waals surface area contributed by atoms with Crippen LogP contribution in [0.1, 0.15) is 16.8 Å². The van der Waals surface area contributed by atoms with Gasteiger partial charge in [-0.05, 0) is 12.1 Å². The number of benzene rings is 1. The van der Waals surface area contributed by atoms with Crippen molar-refractivity contribution >= 4 is 11.9 Å². The quantitative estimate of drug-likeness (QED) is 0.732. The minimum Gasteiger partial charge on any atom is -0.481 e. The van der Waals surface area contributed by atoms with E-state index in [1.165, 1.54) is 0 Å². The summed E-state index contributed by atoms with van der Waals surface area (Å²) in [6.45, 7) is 0.257. The summed E-state index contributed by atoms with van der Waals surface area (Å²) < 4.78 is 30.8. The maximum Gasteiger partial charge on any atom is 0.305 e. The van der Waals surface area contributed by atoms with Crippen LogP contribution in [-0.4, -0.2) is 36.7 Å². The molecule has 104 valence electrons. The van der Waals surface area contributed by atoms with Crippen LogP contribution in [0.5, 0.6) is 0 Å². The van der Waals surface area contributed by atoms with Gasteiger partial charge in [0, 0.05) is 12.6 Å². The zero-order valence-electron chi connectivity index (χ0n) is 9.99. The number of carbonyl (C=O) groups excluding carboxylic acids is 1. The Morgan fingerprint density at radius 2 is 2.00 bits per heavy atom. The van der Waals surface area contributed by atoms with Gasteiger partial charge in [0.05, 0.1) is 25.2 Å². The first-order chi connectivity index (χ1) is 9.00. The van der Waals surface area contributed by atoms with Gasteiger partial charge in [-0.15, -0.1) is 0 Å². The normalized spacial score (nSPS) is 10.2. The number of hydrogen-bond donors (Lipinski definition) is 2. The van der Waals surface area contributed by atoms with E-state index in [0.717, 1.165) is 12.1 Å². The van der Waals surface area contributed by atoms with Crippen molar-refractivity contribution in [1.82, 2.24) is 5.32 Å². The fourth-order valence-corrected chi connectivity index (χ4v) is 1.27. The van der Waals surface area contributed by atoms with Crippen molar-refractivity contribution in [3.8, 4) is 0 Å². The van der Waals surface area contributed by atoms with E-state index >= 15 is 0 Å². The second kappa shape index (κ2) is 7.42. The molecule has 0 heterocycles. The van der Waals surface area contributed by atoms with Crippen LogP contribution in [0, 0.1) is 11.6 Å². The van der Waals surface area contributed by atoms with Crippen LogP contribution >= 0.6 is 0 Å². The standard InChI is InChI=1S/C12H13F2NO4/c13-8-1-2-9(10(14)7-8)12(18)15-4-6-19-5-3-11(16)17/h1-2,7H,3-6H2,(H,15,18)(H,16,17). The van der Waals surface area contributed by atoms with Gasteiger partial charge < -0.3 is 15.2 Å². The van der Waals surface area contributed by atoms with Crippen molar-refractivity contribution < 1.29 is 28.2 Å². The van der Waals surface area contributed by atoms with Crippen LogP contribution < -0.4 is 5.32 Å². The molecule has 7 heteroatoms. The lowest BCUT2D eigenvalue weighted by molar-refractivity contribution is -0.138. The van der Waals surface area contributed by atoms with E-state index in [9.17, 15) is 18.4 Å². The third-order valence-corrected chi connectivity index (χ3v) is 2.17. The molecule has 0 atom stereocenters. The van der Waals surface area contributed by atoms with Crippen LogP contribution in [0.4, 0.5) is 8.78 Å². The van der Waals surface area contributed by atoms with Crippen molar-refractivity contribution in [2.45, 2.75) is 6.42 Å². The fourth-order valence-electron chi connectivity index (χ4n) is 1.27. The third kappa shape index (κ3) is 5.43. The summed E-state index contributed by atoms with van der Waals surface area (Å²) in [7, 11) is 0. The summed E-state index contributed by atoms with van der Waals surface area (Å²) in [4.78, 5) is 21.7. The Kier molecular flexibility index (Phi) is 5.87. The monoisotopic (exact) mass is 273 g/mol. The molecule has 1 aromatic rings. The van der Waals surface area contributed by atoms with Gasteiger partial charge in [-0.1, -0.05) is 0 Å².